The highest BCUT2D eigenvalue weighted by Crippen LogP contribution is 2.27. The van der Waals surface area contributed by atoms with E-state index in [-0.39, 0.29) is 18.0 Å². The lowest BCUT2D eigenvalue weighted by molar-refractivity contribution is 0.0956. The molecule has 8 heteroatoms. The van der Waals surface area contributed by atoms with Crippen molar-refractivity contribution in [3.8, 4) is 11.5 Å². The van der Waals surface area contributed by atoms with E-state index < -0.39 is 0 Å². The van der Waals surface area contributed by atoms with Crippen LogP contribution in [0.3, 0.4) is 0 Å². The Bertz CT molecular complexity index is 1300. The van der Waals surface area contributed by atoms with Crippen LogP contribution in [0.1, 0.15) is 42.2 Å². The van der Waals surface area contributed by atoms with Gasteiger partial charge in [0.1, 0.15) is 5.69 Å². The standard InChI is InChI=1S/C24H27N7O/c1-3-26-24(32)17-5-4-16-6-8-20(27-21(16)12-17)23-29-28-22-9-7-18(13-31(22)23)15(2)30-11-10-19(25)14-30/h4-9,12-13,15,19H,3,10-11,14,25H2,1-2H3,(H,26,32)/t15-,19-/m0/s1. The molecule has 4 aromatic rings. The molecule has 0 aliphatic carbocycles. The van der Waals surface area contributed by atoms with Gasteiger partial charge < -0.3 is 11.1 Å². The highest BCUT2D eigenvalue weighted by Gasteiger charge is 2.25. The van der Waals surface area contributed by atoms with Crippen molar-refractivity contribution in [2.75, 3.05) is 19.6 Å². The van der Waals surface area contributed by atoms with E-state index in [4.69, 9.17) is 10.7 Å². The van der Waals surface area contributed by atoms with Gasteiger partial charge in [-0.1, -0.05) is 18.2 Å². The average Bonchev–Trinajstić information content (AvgIpc) is 3.43. The molecule has 8 nitrogen and oxygen atoms in total. The maximum Gasteiger partial charge on any atom is 0.251 e. The second-order valence-corrected chi connectivity index (χ2v) is 8.40. The summed E-state index contributed by atoms with van der Waals surface area (Å²) in [5.41, 5.74) is 10.1. The third kappa shape index (κ3) is 3.72. The van der Waals surface area contributed by atoms with Crippen molar-refractivity contribution in [1.29, 1.82) is 0 Å². The number of rotatable bonds is 5. The summed E-state index contributed by atoms with van der Waals surface area (Å²) in [5, 5.41) is 12.5. The molecule has 1 aliphatic heterocycles. The first kappa shape index (κ1) is 20.5. The minimum Gasteiger partial charge on any atom is -0.352 e. The normalized spacial score (nSPS) is 17.8. The number of aromatic nitrogens is 4. The van der Waals surface area contributed by atoms with E-state index in [1.54, 1.807) is 0 Å². The Hall–Kier alpha value is -3.36. The van der Waals surface area contributed by atoms with Crippen LogP contribution in [0.15, 0.2) is 48.7 Å². The zero-order valence-electron chi connectivity index (χ0n) is 18.3. The summed E-state index contributed by atoms with van der Waals surface area (Å²) < 4.78 is 1.99. The number of likely N-dealkylation sites (tertiary alicyclic amines) is 1. The molecule has 1 saturated heterocycles. The largest absolute Gasteiger partial charge is 0.352 e. The van der Waals surface area contributed by atoms with Crippen molar-refractivity contribution in [3.63, 3.8) is 0 Å². The molecule has 1 amide bonds. The summed E-state index contributed by atoms with van der Waals surface area (Å²) in [6.07, 6.45) is 3.12. The lowest BCUT2D eigenvalue weighted by Gasteiger charge is -2.24. The van der Waals surface area contributed by atoms with Gasteiger partial charge in [-0.15, -0.1) is 10.2 Å². The number of nitrogens with two attached hydrogens (primary N) is 1. The van der Waals surface area contributed by atoms with Crippen molar-refractivity contribution >= 4 is 22.5 Å². The number of carbonyl (C=O) groups excluding carboxylic acids is 1. The highest BCUT2D eigenvalue weighted by molar-refractivity contribution is 5.98. The quantitative estimate of drug-likeness (QED) is 0.506. The second-order valence-electron chi connectivity index (χ2n) is 8.40. The number of carbonyl (C=O) groups is 1. The predicted molar refractivity (Wildman–Crippen MR) is 124 cm³/mol. The molecule has 0 spiro atoms. The van der Waals surface area contributed by atoms with Crippen LogP contribution in [0, 0.1) is 0 Å². The van der Waals surface area contributed by atoms with Gasteiger partial charge in [0.05, 0.1) is 5.52 Å². The smallest absolute Gasteiger partial charge is 0.251 e. The zero-order valence-corrected chi connectivity index (χ0v) is 18.3. The average molecular weight is 430 g/mol. The van der Waals surface area contributed by atoms with E-state index >= 15 is 0 Å². The van der Waals surface area contributed by atoms with Crippen molar-refractivity contribution in [3.05, 3.63) is 59.8 Å². The van der Waals surface area contributed by atoms with Crippen molar-refractivity contribution in [2.24, 2.45) is 5.73 Å². The molecule has 5 rings (SSSR count). The monoisotopic (exact) mass is 429 g/mol. The molecule has 1 aliphatic rings. The molecule has 0 unspecified atom stereocenters. The molecule has 164 valence electrons. The molecule has 0 bridgehead atoms. The van der Waals surface area contributed by atoms with Gasteiger partial charge >= 0.3 is 0 Å². The Kier molecular flexibility index (Phi) is 5.32. The van der Waals surface area contributed by atoms with Crippen molar-refractivity contribution in [1.82, 2.24) is 29.8 Å². The lowest BCUT2D eigenvalue weighted by atomic mass is 10.1. The Morgan fingerprint density at radius 1 is 1.22 bits per heavy atom. The summed E-state index contributed by atoms with van der Waals surface area (Å²) in [4.78, 5) is 19.4. The van der Waals surface area contributed by atoms with E-state index in [0.29, 0.717) is 23.6 Å². The summed E-state index contributed by atoms with van der Waals surface area (Å²) >= 11 is 0. The fourth-order valence-electron chi connectivity index (χ4n) is 4.35. The zero-order chi connectivity index (χ0) is 22.2. The maximum atomic E-state index is 12.2. The third-order valence-corrected chi connectivity index (χ3v) is 6.23. The third-order valence-electron chi connectivity index (χ3n) is 6.23. The van der Waals surface area contributed by atoms with Crippen LogP contribution in [-0.2, 0) is 0 Å². The topological polar surface area (TPSA) is 101 Å². The summed E-state index contributed by atoms with van der Waals surface area (Å²) in [6, 6.07) is 14.1. The van der Waals surface area contributed by atoms with Gasteiger partial charge in [-0.25, -0.2) is 4.98 Å². The molecule has 0 saturated carbocycles. The number of hydrogen-bond donors (Lipinski definition) is 2. The molecule has 1 fully saturated rings. The van der Waals surface area contributed by atoms with E-state index in [0.717, 1.165) is 36.1 Å². The number of benzene rings is 1. The van der Waals surface area contributed by atoms with Gasteiger partial charge in [-0.05, 0) is 50.1 Å². The maximum absolute atomic E-state index is 12.2. The molecule has 0 radical (unpaired) electrons. The Labute approximate surface area is 186 Å². The second kappa shape index (κ2) is 8.29. The van der Waals surface area contributed by atoms with E-state index in [9.17, 15) is 4.79 Å². The number of hydrogen-bond acceptors (Lipinski definition) is 6. The molecule has 3 N–H and O–H groups in total. The fourth-order valence-corrected chi connectivity index (χ4v) is 4.35. The first-order chi connectivity index (χ1) is 15.5. The Morgan fingerprint density at radius 3 is 2.84 bits per heavy atom. The van der Waals surface area contributed by atoms with Crippen LogP contribution >= 0.6 is 0 Å². The molecule has 2 atom stereocenters. The minimum absolute atomic E-state index is 0.102. The van der Waals surface area contributed by atoms with Crippen LogP contribution in [0.5, 0.6) is 0 Å². The molecular weight excluding hydrogens is 402 g/mol. The SMILES string of the molecule is CCNC(=O)c1ccc2ccc(-c3nnc4ccc([C@H](C)N5CC[C@H](N)C5)cn34)nc2c1. The van der Waals surface area contributed by atoms with E-state index in [1.165, 1.54) is 5.56 Å². The summed E-state index contributed by atoms with van der Waals surface area (Å²) in [7, 11) is 0. The van der Waals surface area contributed by atoms with Gasteiger partial charge in [-0.2, -0.15) is 0 Å². The summed E-state index contributed by atoms with van der Waals surface area (Å²) in [5.74, 6) is 0.576. The van der Waals surface area contributed by atoms with Crippen LogP contribution in [0.25, 0.3) is 28.1 Å². The van der Waals surface area contributed by atoms with Gasteiger partial charge in [-0.3, -0.25) is 14.1 Å². The molecule has 4 heterocycles. The van der Waals surface area contributed by atoms with Crippen LogP contribution in [0.2, 0.25) is 0 Å². The van der Waals surface area contributed by atoms with Gasteiger partial charge in [0.25, 0.3) is 5.91 Å². The van der Waals surface area contributed by atoms with Crippen LogP contribution < -0.4 is 11.1 Å². The summed E-state index contributed by atoms with van der Waals surface area (Å²) in [6.45, 7) is 6.61. The van der Waals surface area contributed by atoms with Crippen molar-refractivity contribution < 1.29 is 4.79 Å². The number of nitrogens with one attached hydrogen (secondary N) is 1. The highest BCUT2D eigenvalue weighted by atomic mass is 16.1. The number of nitrogens with zero attached hydrogens (tertiary/aromatic N) is 5. The molecule has 32 heavy (non-hydrogen) atoms. The van der Waals surface area contributed by atoms with E-state index in [1.807, 2.05) is 47.7 Å². The number of pyridine rings is 2. The van der Waals surface area contributed by atoms with Gasteiger partial charge in [0.15, 0.2) is 11.5 Å². The van der Waals surface area contributed by atoms with Crippen LogP contribution in [-0.4, -0.2) is 56.1 Å². The molecule has 3 aromatic heterocycles. The lowest BCUT2D eigenvalue weighted by Crippen LogP contribution is -2.28. The minimum atomic E-state index is -0.102. The molecule has 1 aromatic carbocycles. The van der Waals surface area contributed by atoms with Crippen molar-refractivity contribution in [2.45, 2.75) is 32.4 Å². The van der Waals surface area contributed by atoms with Gasteiger partial charge in [0, 0.05) is 48.9 Å². The Balaban J connectivity index is 1.52. The van der Waals surface area contributed by atoms with Gasteiger partial charge in [0.2, 0.25) is 0 Å². The Morgan fingerprint density at radius 2 is 2.06 bits per heavy atom. The first-order valence-electron chi connectivity index (χ1n) is 11.1. The predicted octanol–water partition coefficient (Wildman–Crippen LogP) is 2.79. The number of amides is 1. The fraction of sp³-hybridized carbons (Fsp3) is 0.333. The van der Waals surface area contributed by atoms with E-state index in [2.05, 4.69) is 39.6 Å². The van der Waals surface area contributed by atoms with Crippen LogP contribution in [0.4, 0.5) is 0 Å². The molecular formula is C24H27N7O. The first-order valence-corrected chi connectivity index (χ1v) is 11.1. The number of fused-ring (bicyclic) bond motifs is 2.